The second-order valence-corrected chi connectivity index (χ2v) is 3.34. The van der Waals surface area contributed by atoms with Crippen molar-refractivity contribution in [3.05, 3.63) is 27.8 Å². The molecule has 0 N–H and O–H groups in total. The molecule has 0 bridgehead atoms. The van der Waals surface area contributed by atoms with Crippen molar-refractivity contribution in [1.29, 1.82) is 0 Å². The second-order valence-electron chi connectivity index (χ2n) is 3.34. The molecule has 1 aliphatic heterocycles. The van der Waals surface area contributed by atoms with E-state index in [1.165, 1.54) is 7.11 Å². The summed E-state index contributed by atoms with van der Waals surface area (Å²) >= 11 is 0. The van der Waals surface area contributed by atoms with Gasteiger partial charge in [-0.05, 0) is 17.7 Å². The van der Waals surface area contributed by atoms with Crippen LogP contribution in [0.3, 0.4) is 0 Å². The van der Waals surface area contributed by atoms with Gasteiger partial charge in [-0.2, -0.15) is 0 Å². The van der Waals surface area contributed by atoms with Gasteiger partial charge in [0, 0.05) is 11.3 Å². The van der Waals surface area contributed by atoms with Crippen molar-refractivity contribution in [3.8, 4) is 17.2 Å². The predicted molar refractivity (Wildman–Crippen MR) is 54.7 cm³/mol. The average molecular weight is 225 g/mol. The van der Waals surface area contributed by atoms with Gasteiger partial charge in [-0.3, -0.25) is 10.1 Å². The Labute approximate surface area is 91.9 Å². The molecule has 0 aromatic heterocycles. The Morgan fingerprint density at radius 3 is 3.00 bits per heavy atom. The molecular formula is C10H11NO5. The number of benzene rings is 1. The van der Waals surface area contributed by atoms with Gasteiger partial charge >= 0.3 is 0 Å². The summed E-state index contributed by atoms with van der Waals surface area (Å²) < 4.78 is 15.6. The van der Waals surface area contributed by atoms with Gasteiger partial charge in [-0.25, -0.2) is 0 Å². The molecule has 1 aliphatic rings. The van der Waals surface area contributed by atoms with Gasteiger partial charge in [0.2, 0.25) is 19.1 Å². The van der Waals surface area contributed by atoms with E-state index in [-0.39, 0.29) is 18.3 Å². The van der Waals surface area contributed by atoms with Crippen molar-refractivity contribution < 1.29 is 19.1 Å². The summed E-state index contributed by atoms with van der Waals surface area (Å²) in [5.74, 6) is 1.69. The standard InChI is InChI=1S/C10H11NO5/c1-14-8-4-7(2-3-11(12)13)5-9-10(8)16-6-15-9/h4-5H,2-3,6H2,1H3. The first-order valence-corrected chi connectivity index (χ1v) is 4.79. The summed E-state index contributed by atoms with van der Waals surface area (Å²) in [7, 11) is 1.52. The van der Waals surface area contributed by atoms with E-state index in [4.69, 9.17) is 14.2 Å². The van der Waals surface area contributed by atoms with Crippen molar-refractivity contribution in [3.63, 3.8) is 0 Å². The summed E-state index contributed by atoms with van der Waals surface area (Å²) in [5, 5.41) is 10.3. The third kappa shape index (κ3) is 2.00. The Bertz CT molecular complexity index is 418. The monoisotopic (exact) mass is 225 g/mol. The number of fused-ring (bicyclic) bond motifs is 1. The molecule has 0 aliphatic carbocycles. The normalized spacial score (nSPS) is 12.6. The van der Waals surface area contributed by atoms with Gasteiger partial charge < -0.3 is 14.2 Å². The maximum Gasteiger partial charge on any atom is 0.231 e. The molecular weight excluding hydrogens is 214 g/mol. The number of hydrogen-bond donors (Lipinski definition) is 0. The van der Waals surface area contributed by atoms with E-state index >= 15 is 0 Å². The lowest BCUT2D eigenvalue weighted by Gasteiger charge is -2.06. The van der Waals surface area contributed by atoms with Crippen LogP contribution in [0.15, 0.2) is 12.1 Å². The first kappa shape index (κ1) is 10.5. The molecule has 6 nitrogen and oxygen atoms in total. The molecule has 1 aromatic carbocycles. The highest BCUT2D eigenvalue weighted by Gasteiger charge is 2.20. The highest BCUT2D eigenvalue weighted by atomic mass is 16.7. The van der Waals surface area contributed by atoms with Crippen molar-refractivity contribution in [2.75, 3.05) is 20.4 Å². The number of ether oxygens (including phenoxy) is 3. The molecule has 2 rings (SSSR count). The largest absolute Gasteiger partial charge is 0.493 e. The fraction of sp³-hybridized carbons (Fsp3) is 0.400. The molecule has 0 atom stereocenters. The van der Waals surface area contributed by atoms with Gasteiger partial charge in [0.25, 0.3) is 0 Å². The molecule has 0 unspecified atom stereocenters. The maximum atomic E-state index is 10.3. The molecule has 6 heteroatoms. The van der Waals surface area contributed by atoms with Crippen LogP contribution < -0.4 is 14.2 Å². The molecule has 1 heterocycles. The third-order valence-electron chi connectivity index (χ3n) is 2.30. The van der Waals surface area contributed by atoms with Gasteiger partial charge in [-0.1, -0.05) is 0 Å². The Kier molecular flexibility index (Phi) is 2.80. The Morgan fingerprint density at radius 2 is 2.31 bits per heavy atom. The van der Waals surface area contributed by atoms with E-state index < -0.39 is 0 Å². The topological polar surface area (TPSA) is 70.8 Å². The zero-order valence-electron chi connectivity index (χ0n) is 8.76. The summed E-state index contributed by atoms with van der Waals surface area (Å²) in [6.07, 6.45) is 0.347. The smallest absolute Gasteiger partial charge is 0.231 e. The van der Waals surface area contributed by atoms with E-state index in [1.807, 2.05) is 0 Å². The van der Waals surface area contributed by atoms with Crippen LogP contribution in [-0.2, 0) is 6.42 Å². The quantitative estimate of drug-likeness (QED) is 0.569. The summed E-state index contributed by atoms with van der Waals surface area (Å²) in [4.78, 5) is 9.93. The van der Waals surface area contributed by atoms with Crippen LogP contribution in [0.4, 0.5) is 0 Å². The van der Waals surface area contributed by atoms with Crippen LogP contribution in [-0.4, -0.2) is 25.4 Å². The summed E-state index contributed by atoms with van der Waals surface area (Å²) in [5.41, 5.74) is 0.804. The fourth-order valence-electron chi connectivity index (χ4n) is 1.55. The van der Waals surface area contributed by atoms with E-state index in [1.54, 1.807) is 12.1 Å². The zero-order valence-corrected chi connectivity index (χ0v) is 8.76. The van der Waals surface area contributed by atoms with Crippen molar-refractivity contribution in [2.24, 2.45) is 0 Å². The first-order valence-electron chi connectivity index (χ1n) is 4.79. The minimum atomic E-state index is -0.350. The summed E-state index contributed by atoms with van der Waals surface area (Å²) in [6.45, 7) is 0.0488. The predicted octanol–water partition coefficient (Wildman–Crippen LogP) is 1.24. The van der Waals surface area contributed by atoms with Gasteiger partial charge in [0.1, 0.15) is 0 Å². The van der Waals surface area contributed by atoms with Crippen molar-refractivity contribution in [2.45, 2.75) is 6.42 Å². The van der Waals surface area contributed by atoms with Crippen LogP contribution in [0.5, 0.6) is 17.2 Å². The molecule has 0 saturated heterocycles. The second kappa shape index (κ2) is 4.26. The number of rotatable bonds is 4. The third-order valence-corrected chi connectivity index (χ3v) is 2.30. The maximum absolute atomic E-state index is 10.3. The van der Waals surface area contributed by atoms with Crippen LogP contribution >= 0.6 is 0 Å². The van der Waals surface area contributed by atoms with Crippen LogP contribution in [0, 0.1) is 10.1 Å². The fourth-order valence-corrected chi connectivity index (χ4v) is 1.55. The van der Waals surface area contributed by atoms with Gasteiger partial charge in [0.15, 0.2) is 11.5 Å². The number of nitro groups is 1. The highest BCUT2D eigenvalue weighted by molar-refractivity contribution is 5.55. The molecule has 16 heavy (non-hydrogen) atoms. The molecule has 0 amide bonds. The van der Waals surface area contributed by atoms with Crippen molar-refractivity contribution in [1.82, 2.24) is 0 Å². The lowest BCUT2D eigenvalue weighted by Crippen LogP contribution is -2.04. The lowest BCUT2D eigenvalue weighted by molar-refractivity contribution is -0.479. The van der Waals surface area contributed by atoms with Crippen LogP contribution in [0.1, 0.15) is 5.56 Å². The molecule has 86 valence electrons. The SMILES string of the molecule is COc1cc(CC[N+](=O)[O-])cc2c1OCO2. The highest BCUT2D eigenvalue weighted by Crippen LogP contribution is 2.41. The average Bonchev–Trinajstić information content (AvgIpc) is 2.73. The van der Waals surface area contributed by atoms with E-state index in [2.05, 4.69) is 0 Å². The summed E-state index contributed by atoms with van der Waals surface area (Å²) in [6, 6.07) is 3.48. The number of hydrogen-bond acceptors (Lipinski definition) is 5. The Morgan fingerprint density at radius 1 is 1.50 bits per heavy atom. The number of methoxy groups -OCH3 is 1. The minimum Gasteiger partial charge on any atom is -0.493 e. The van der Waals surface area contributed by atoms with E-state index in [0.717, 1.165) is 5.56 Å². The molecule has 1 aromatic rings. The van der Waals surface area contributed by atoms with E-state index in [0.29, 0.717) is 23.7 Å². The first-order chi connectivity index (χ1) is 7.70. The van der Waals surface area contributed by atoms with Gasteiger partial charge in [0.05, 0.1) is 7.11 Å². The Balaban J connectivity index is 2.24. The van der Waals surface area contributed by atoms with E-state index in [9.17, 15) is 10.1 Å². The molecule has 0 saturated carbocycles. The molecule has 0 radical (unpaired) electrons. The minimum absolute atomic E-state index is 0.108. The zero-order chi connectivity index (χ0) is 11.5. The Hall–Kier alpha value is -1.98. The van der Waals surface area contributed by atoms with Crippen LogP contribution in [0.2, 0.25) is 0 Å². The molecule has 0 fully saturated rings. The van der Waals surface area contributed by atoms with Crippen molar-refractivity contribution >= 4 is 0 Å². The van der Waals surface area contributed by atoms with Gasteiger partial charge in [-0.15, -0.1) is 0 Å². The molecule has 0 spiro atoms. The van der Waals surface area contributed by atoms with Crippen LogP contribution in [0.25, 0.3) is 0 Å². The number of nitrogens with zero attached hydrogens (tertiary/aromatic N) is 1. The lowest BCUT2D eigenvalue weighted by atomic mass is 10.1.